The second-order valence-electron chi connectivity index (χ2n) is 3.60. The van der Waals surface area contributed by atoms with Crippen LogP contribution in [0, 0.1) is 0 Å². The Labute approximate surface area is 78.7 Å². The lowest BCUT2D eigenvalue weighted by Gasteiger charge is -2.22. The number of piperidine rings is 1. The van der Waals surface area contributed by atoms with Gasteiger partial charge >= 0.3 is 0 Å². The third-order valence-corrected chi connectivity index (χ3v) is 2.20. The largest absolute Gasteiger partial charge is 0.392 e. The summed E-state index contributed by atoms with van der Waals surface area (Å²) in [7, 11) is 0. The Hall–Kier alpha value is -0.610. The second kappa shape index (κ2) is 5.19. The highest BCUT2D eigenvalue weighted by atomic mass is 16.3. The van der Waals surface area contributed by atoms with Crippen molar-refractivity contribution in [2.45, 2.75) is 38.3 Å². The fraction of sp³-hybridized carbons (Fsp3) is 0.889. The van der Waals surface area contributed by atoms with Crippen LogP contribution in [0.5, 0.6) is 0 Å². The normalized spacial score (nSPS) is 25.2. The van der Waals surface area contributed by atoms with Crippen LogP contribution in [0.3, 0.4) is 0 Å². The van der Waals surface area contributed by atoms with Crippen LogP contribution in [-0.2, 0) is 4.79 Å². The minimum atomic E-state index is -0.465. The van der Waals surface area contributed by atoms with Crippen molar-refractivity contribution in [1.29, 1.82) is 0 Å². The molecule has 0 saturated carbocycles. The summed E-state index contributed by atoms with van der Waals surface area (Å²) in [4.78, 5) is 11.4. The van der Waals surface area contributed by atoms with Crippen LogP contribution >= 0.6 is 0 Å². The van der Waals surface area contributed by atoms with Gasteiger partial charge in [0.15, 0.2) is 0 Å². The third kappa shape index (κ3) is 3.74. The first kappa shape index (κ1) is 10.5. The van der Waals surface area contributed by atoms with Crippen LogP contribution in [0.1, 0.15) is 26.2 Å². The number of nitrogens with one attached hydrogen (secondary N) is 2. The summed E-state index contributed by atoms with van der Waals surface area (Å²) in [5, 5.41) is 14.8. The summed E-state index contributed by atoms with van der Waals surface area (Å²) >= 11 is 0. The molecule has 1 unspecified atom stereocenters. The summed E-state index contributed by atoms with van der Waals surface area (Å²) in [5.74, 6) is 0.0144. The van der Waals surface area contributed by atoms with E-state index in [0.717, 1.165) is 25.8 Å². The average molecular weight is 186 g/mol. The first-order chi connectivity index (χ1) is 6.20. The van der Waals surface area contributed by atoms with Gasteiger partial charge < -0.3 is 15.7 Å². The molecular formula is C9H18N2O2. The van der Waals surface area contributed by atoms with Crippen LogP contribution in [0.4, 0.5) is 0 Å². The first-order valence-electron chi connectivity index (χ1n) is 4.89. The van der Waals surface area contributed by atoms with Gasteiger partial charge in [-0.2, -0.15) is 0 Å². The van der Waals surface area contributed by atoms with Crippen molar-refractivity contribution in [3.05, 3.63) is 0 Å². The molecule has 3 N–H and O–H groups in total. The lowest BCUT2D eigenvalue weighted by molar-refractivity contribution is -0.124. The molecule has 1 amide bonds. The standard InChI is InChI=1S/C9H18N2O2/c1-7(12)6-11-9(13)8-4-2-3-5-10-8/h7-8,10,12H,2-6H2,1H3,(H,11,13)/t7-,8?/m1/s1. The topological polar surface area (TPSA) is 61.4 Å². The number of aliphatic hydroxyl groups is 1. The SMILES string of the molecule is C[C@@H](O)CNC(=O)C1CCCCN1. The Bertz CT molecular complexity index is 165. The minimum absolute atomic E-state index is 0.0144. The van der Waals surface area contributed by atoms with E-state index in [2.05, 4.69) is 10.6 Å². The molecular weight excluding hydrogens is 168 g/mol. The van der Waals surface area contributed by atoms with E-state index >= 15 is 0 Å². The quantitative estimate of drug-likeness (QED) is 0.563. The van der Waals surface area contributed by atoms with E-state index in [1.165, 1.54) is 0 Å². The molecule has 0 aromatic heterocycles. The number of hydrogen-bond acceptors (Lipinski definition) is 3. The summed E-state index contributed by atoms with van der Waals surface area (Å²) in [5.41, 5.74) is 0. The zero-order valence-corrected chi connectivity index (χ0v) is 8.05. The van der Waals surface area contributed by atoms with Gasteiger partial charge in [-0.05, 0) is 26.3 Å². The monoisotopic (exact) mass is 186 g/mol. The predicted octanol–water partition coefficient (Wildman–Crippen LogP) is -0.374. The highest BCUT2D eigenvalue weighted by molar-refractivity contribution is 5.81. The van der Waals surface area contributed by atoms with Gasteiger partial charge in [-0.15, -0.1) is 0 Å². The van der Waals surface area contributed by atoms with Crippen molar-refractivity contribution in [1.82, 2.24) is 10.6 Å². The van der Waals surface area contributed by atoms with Gasteiger partial charge in [0.2, 0.25) is 5.91 Å². The van der Waals surface area contributed by atoms with Gasteiger partial charge in [0, 0.05) is 6.54 Å². The van der Waals surface area contributed by atoms with E-state index in [1.54, 1.807) is 6.92 Å². The molecule has 1 aliphatic rings. The highest BCUT2D eigenvalue weighted by Gasteiger charge is 2.19. The van der Waals surface area contributed by atoms with E-state index in [4.69, 9.17) is 5.11 Å². The van der Waals surface area contributed by atoms with E-state index in [-0.39, 0.29) is 11.9 Å². The van der Waals surface area contributed by atoms with Crippen LogP contribution < -0.4 is 10.6 Å². The molecule has 0 aromatic rings. The molecule has 1 rings (SSSR count). The molecule has 1 saturated heterocycles. The van der Waals surface area contributed by atoms with Crippen molar-refractivity contribution < 1.29 is 9.90 Å². The lowest BCUT2D eigenvalue weighted by Crippen LogP contribution is -2.47. The van der Waals surface area contributed by atoms with Crippen LogP contribution in [0.15, 0.2) is 0 Å². The lowest BCUT2D eigenvalue weighted by atomic mass is 10.0. The maximum atomic E-state index is 11.4. The molecule has 1 aliphatic heterocycles. The van der Waals surface area contributed by atoms with Gasteiger partial charge in [0.1, 0.15) is 0 Å². The molecule has 0 radical (unpaired) electrons. The van der Waals surface area contributed by atoms with Crippen molar-refractivity contribution in [3.63, 3.8) is 0 Å². The molecule has 76 valence electrons. The first-order valence-corrected chi connectivity index (χ1v) is 4.89. The molecule has 0 aliphatic carbocycles. The Kier molecular flexibility index (Phi) is 4.18. The van der Waals surface area contributed by atoms with Gasteiger partial charge in [-0.3, -0.25) is 4.79 Å². The summed E-state index contributed by atoms with van der Waals surface area (Å²) in [6.07, 6.45) is 2.71. The minimum Gasteiger partial charge on any atom is -0.392 e. The van der Waals surface area contributed by atoms with Gasteiger partial charge in [-0.1, -0.05) is 6.42 Å². The number of hydrogen-bond donors (Lipinski definition) is 3. The van der Waals surface area contributed by atoms with Crippen LogP contribution in [-0.4, -0.2) is 36.2 Å². The fourth-order valence-corrected chi connectivity index (χ4v) is 1.45. The zero-order chi connectivity index (χ0) is 9.68. The second-order valence-corrected chi connectivity index (χ2v) is 3.60. The Balaban J connectivity index is 2.21. The highest BCUT2D eigenvalue weighted by Crippen LogP contribution is 2.06. The maximum absolute atomic E-state index is 11.4. The summed E-state index contributed by atoms with van der Waals surface area (Å²) in [6, 6.07) is -0.0486. The Morgan fingerprint density at radius 3 is 3.00 bits per heavy atom. The smallest absolute Gasteiger partial charge is 0.237 e. The molecule has 4 nitrogen and oxygen atoms in total. The Morgan fingerprint density at radius 1 is 1.69 bits per heavy atom. The predicted molar refractivity (Wildman–Crippen MR) is 50.3 cm³/mol. The molecule has 1 fully saturated rings. The van der Waals surface area contributed by atoms with Gasteiger partial charge in [-0.25, -0.2) is 0 Å². The van der Waals surface area contributed by atoms with E-state index in [0.29, 0.717) is 6.54 Å². The summed E-state index contributed by atoms with van der Waals surface area (Å²) < 4.78 is 0. The Morgan fingerprint density at radius 2 is 2.46 bits per heavy atom. The van der Waals surface area contributed by atoms with Gasteiger partial charge in [0.25, 0.3) is 0 Å². The van der Waals surface area contributed by atoms with E-state index in [1.807, 2.05) is 0 Å². The van der Waals surface area contributed by atoms with E-state index < -0.39 is 6.10 Å². The van der Waals surface area contributed by atoms with Crippen molar-refractivity contribution in [3.8, 4) is 0 Å². The number of carbonyl (C=O) groups excluding carboxylic acids is 1. The van der Waals surface area contributed by atoms with Crippen molar-refractivity contribution in [2.75, 3.05) is 13.1 Å². The van der Waals surface area contributed by atoms with E-state index in [9.17, 15) is 4.79 Å². The number of carbonyl (C=O) groups is 1. The van der Waals surface area contributed by atoms with Gasteiger partial charge in [0.05, 0.1) is 12.1 Å². The molecule has 0 bridgehead atoms. The molecule has 0 spiro atoms. The molecule has 4 heteroatoms. The maximum Gasteiger partial charge on any atom is 0.237 e. The molecule has 2 atom stereocenters. The molecule has 1 heterocycles. The van der Waals surface area contributed by atoms with Crippen LogP contribution in [0.25, 0.3) is 0 Å². The summed E-state index contributed by atoms with van der Waals surface area (Å²) in [6.45, 7) is 2.93. The number of aliphatic hydroxyl groups excluding tert-OH is 1. The number of rotatable bonds is 3. The van der Waals surface area contributed by atoms with Crippen LogP contribution in [0.2, 0.25) is 0 Å². The fourth-order valence-electron chi connectivity index (χ4n) is 1.45. The number of amides is 1. The third-order valence-electron chi connectivity index (χ3n) is 2.20. The molecule has 13 heavy (non-hydrogen) atoms. The zero-order valence-electron chi connectivity index (χ0n) is 8.05. The van der Waals surface area contributed by atoms with Crippen molar-refractivity contribution >= 4 is 5.91 Å². The molecule has 0 aromatic carbocycles. The average Bonchev–Trinajstić information content (AvgIpc) is 2.15. The van der Waals surface area contributed by atoms with Crippen molar-refractivity contribution in [2.24, 2.45) is 0 Å².